The van der Waals surface area contributed by atoms with Gasteiger partial charge < -0.3 is 10.1 Å². The molecule has 0 aromatic heterocycles. The van der Waals surface area contributed by atoms with E-state index in [2.05, 4.69) is 26.6 Å². The lowest BCUT2D eigenvalue weighted by atomic mass is 10.0. The molecular weight excluding hydrogens is 393 g/mol. The molecule has 3 amide bonds. The molecule has 0 saturated carbocycles. The van der Waals surface area contributed by atoms with Crippen molar-refractivity contribution in [2.75, 3.05) is 13.2 Å². The molecule has 0 fully saturated rings. The van der Waals surface area contributed by atoms with Gasteiger partial charge in [-0.2, -0.15) is 13.2 Å². The predicted molar refractivity (Wildman–Crippen MR) is 83.9 cm³/mol. The van der Waals surface area contributed by atoms with Crippen molar-refractivity contribution in [1.82, 2.24) is 10.6 Å². The highest BCUT2D eigenvalue weighted by Crippen LogP contribution is 2.32. The maximum atomic E-state index is 13.1. The van der Waals surface area contributed by atoms with Crippen LogP contribution in [0.25, 0.3) is 0 Å². The third kappa shape index (κ3) is 5.12. The van der Waals surface area contributed by atoms with Crippen LogP contribution >= 0.6 is 15.9 Å². The van der Waals surface area contributed by atoms with Crippen molar-refractivity contribution in [1.29, 1.82) is 0 Å². The van der Waals surface area contributed by atoms with E-state index in [9.17, 15) is 22.8 Å². The highest BCUT2D eigenvalue weighted by Gasteiger charge is 2.39. The quantitative estimate of drug-likeness (QED) is 0.688. The lowest BCUT2D eigenvalue weighted by Crippen LogP contribution is -2.39. The zero-order valence-electron chi connectivity index (χ0n) is 12.6. The fourth-order valence-electron chi connectivity index (χ4n) is 2.27. The third-order valence-corrected chi connectivity index (χ3v) is 4.07. The largest absolute Gasteiger partial charge is 0.492 e. The minimum Gasteiger partial charge on any atom is -0.492 e. The van der Waals surface area contributed by atoms with E-state index in [1.54, 1.807) is 6.07 Å². The first-order valence-corrected chi connectivity index (χ1v) is 8.15. The number of hydrogen-bond acceptors (Lipinski definition) is 3. The van der Waals surface area contributed by atoms with Crippen LogP contribution in [0.1, 0.15) is 29.6 Å². The first kappa shape index (κ1) is 18.6. The Bertz CT molecular complexity index is 622. The van der Waals surface area contributed by atoms with Crippen molar-refractivity contribution in [2.24, 2.45) is 5.92 Å². The summed E-state index contributed by atoms with van der Waals surface area (Å²) in [4.78, 5) is 23.8. The number of urea groups is 1. The van der Waals surface area contributed by atoms with Gasteiger partial charge in [0, 0.05) is 11.0 Å². The van der Waals surface area contributed by atoms with Crippen molar-refractivity contribution in [2.45, 2.75) is 25.4 Å². The maximum Gasteiger partial charge on any atom is 0.395 e. The molecule has 9 heteroatoms. The average Bonchev–Trinajstić information content (AvgIpc) is 2.49. The number of halogens is 4. The molecule has 1 aromatic rings. The first-order valence-electron chi connectivity index (χ1n) is 7.35. The molecule has 0 bridgehead atoms. The summed E-state index contributed by atoms with van der Waals surface area (Å²) in [5.74, 6) is -2.38. The van der Waals surface area contributed by atoms with Crippen molar-refractivity contribution >= 4 is 27.9 Å². The number of amides is 3. The third-order valence-electron chi connectivity index (χ3n) is 3.58. The Hall–Kier alpha value is -1.77. The van der Waals surface area contributed by atoms with Gasteiger partial charge >= 0.3 is 12.2 Å². The molecule has 1 aliphatic heterocycles. The molecule has 5 nitrogen and oxygen atoms in total. The number of carbonyl (C=O) groups excluding carboxylic acids is 2. The Morgan fingerprint density at radius 3 is 2.67 bits per heavy atom. The molecule has 24 heavy (non-hydrogen) atoms. The standard InChI is InChI=1S/C15H16BrF3N2O3/c16-10-4-5-12-11(7-10)13(22)21-14(23)20-6-2-1-3-9(8-24-12)15(17,18)19/h4-5,7,9H,1-3,6,8H2,(H2,20,21,22,23). The number of ether oxygens (including phenoxy) is 1. The second-order valence-corrected chi connectivity index (χ2v) is 6.31. The molecule has 2 rings (SSSR count). The SMILES string of the molecule is O=C1NCCCCC(C(F)(F)F)COc2ccc(Br)cc2C(=O)N1. The van der Waals surface area contributed by atoms with Gasteiger partial charge in [0.05, 0.1) is 18.1 Å². The van der Waals surface area contributed by atoms with Gasteiger partial charge in [0.25, 0.3) is 5.91 Å². The van der Waals surface area contributed by atoms with E-state index >= 15 is 0 Å². The molecule has 0 aliphatic carbocycles. The molecule has 1 aliphatic rings. The van der Waals surface area contributed by atoms with Gasteiger partial charge in [-0.3, -0.25) is 10.1 Å². The molecule has 1 unspecified atom stereocenters. The van der Waals surface area contributed by atoms with Crippen LogP contribution in [0.5, 0.6) is 5.75 Å². The van der Waals surface area contributed by atoms with E-state index in [1.807, 2.05) is 0 Å². The van der Waals surface area contributed by atoms with E-state index < -0.39 is 30.6 Å². The number of benzene rings is 1. The summed E-state index contributed by atoms with van der Waals surface area (Å²) in [6, 6.07) is 3.63. The summed E-state index contributed by atoms with van der Waals surface area (Å²) >= 11 is 3.18. The van der Waals surface area contributed by atoms with E-state index in [-0.39, 0.29) is 30.7 Å². The Labute approximate surface area is 145 Å². The Kier molecular flexibility index (Phi) is 6.09. The van der Waals surface area contributed by atoms with Crippen LogP contribution in [-0.4, -0.2) is 31.3 Å². The van der Waals surface area contributed by atoms with E-state index in [0.29, 0.717) is 10.9 Å². The summed E-state index contributed by atoms with van der Waals surface area (Å²) in [7, 11) is 0. The van der Waals surface area contributed by atoms with Crippen molar-refractivity contribution < 1.29 is 27.5 Å². The van der Waals surface area contributed by atoms with Crippen molar-refractivity contribution in [3.63, 3.8) is 0 Å². The maximum absolute atomic E-state index is 13.1. The Morgan fingerprint density at radius 1 is 1.21 bits per heavy atom. The molecule has 0 radical (unpaired) electrons. The summed E-state index contributed by atoms with van der Waals surface area (Å²) < 4.78 is 45.1. The lowest BCUT2D eigenvalue weighted by Gasteiger charge is -2.21. The Balaban J connectivity index is 2.29. The number of nitrogens with one attached hydrogen (secondary N) is 2. The lowest BCUT2D eigenvalue weighted by molar-refractivity contribution is -0.183. The van der Waals surface area contributed by atoms with Crippen LogP contribution < -0.4 is 15.4 Å². The summed E-state index contributed by atoms with van der Waals surface area (Å²) in [5, 5.41) is 4.58. The van der Waals surface area contributed by atoms with Crippen molar-refractivity contribution in [3.05, 3.63) is 28.2 Å². The van der Waals surface area contributed by atoms with E-state index in [1.165, 1.54) is 12.1 Å². The first-order chi connectivity index (χ1) is 11.3. The molecule has 132 valence electrons. The number of rotatable bonds is 0. The van der Waals surface area contributed by atoms with Gasteiger partial charge in [-0.05, 0) is 31.0 Å². The zero-order chi connectivity index (χ0) is 17.7. The van der Waals surface area contributed by atoms with Crippen LogP contribution in [0.2, 0.25) is 0 Å². The fourth-order valence-corrected chi connectivity index (χ4v) is 2.63. The molecule has 1 heterocycles. The average molecular weight is 409 g/mol. The molecule has 2 N–H and O–H groups in total. The minimum absolute atomic E-state index is 0.00278. The number of fused-ring (bicyclic) bond motifs is 1. The van der Waals surface area contributed by atoms with Gasteiger partial charge in [-0.15, -0.1) is 0 Å². The molecular formula is C15H16BrF3N2O3. The van der Waals surface area contributed by atoms with Crippen LogP contribution in [0.3, 0.4) is 0 Å². The molecule has 0 saturated heterocycles. The van der Waals surface area contributed by atoms with Gasteiger partial charge in [0.1, 0.15) is 5.75 Å². The topological polar surface area (TPSA) is 67.4 Å². The number of carbonyl (C=O) groups is 2. The Morgan fingerprint density at radius 2 is 1.96 bits per heavy atom. The smallest absolute Gasteiger partial charge is 0.395 e. The van der Waals surface area contributed by atoms with E-state index in [0.717, 1.165) is 0 Å². The fraction of sp³-hybridized carbons (Fsp3) is 0.467. The van der Waals surface area contributed by atoms with Crippen LogP contribution in [0, 0.1) is 5.92 Å². The van der Waals surface area contributed by atoms with Gasteiger partial charge in [-0.25, -0.2) is 4.79 Å². The highest BCUT2D eigenvalue weighted by molar-refractivity contribution is 9.10. The molecule has 0 spiro atoms. The van der Waals surface area contributed by atoms with Crippen molar-refractivity contribution in [3.8, 4) is 5.75 Å². The van der Waals surface area contributed by atoms with Crippen LogP contribution in [0.15, 0.2) is 22.7 Å². The minimum atomic E-state index is -4.39. The number of alkyl halides is 3. The normalized spacial score (nSPS) is 20.4. The van der Waals surface area contributed by atoms with Crippen LogP contribution in [-0.2, 0) is 0 Å². The summed E-state index contributed by atoms with van der Waals surface area (Å²) in [6.45, 7) is -0.386. The van der Waals surface area contributed by atoms with E-state index in [4.69, 9.17) is 4.74 Å². The van der Waals surface area contributed by atoms with Gasteiger partial charge in [0.15, 0.2) is 0 Å². The van der Waals surface area contributed by atoms with Gasteiger partial charge in [0.2, 0.25) is 0 Å². The highest BCUT2D eigenvalue weighted by atomic mass is 79.9. The second-order valence-electron chi connectivity index (χ2n) is 5.40. The summed E-state index contributed by atoms with van der Waals surface area (Å²) in [6.07, 6.45) is -3.82. The predicted octanol–water partition coefficient (Wildman–Crippen LogP) is 3.63. The summed E-state index contributed by atoms with van der Waals surface area (Å²) in [5.41, 5.74) is -0.0142. The van der Waals surface area contributed by atoms with Gasteiger partial charge in [-0.1, -0.05) is 22.4 Å². The number of hydrogen-bond donors (Lipinski definition) is 2. The molecule has 1 atom stereocenters. The monoisotopic (exact) mass is 408 g/mol. The van der Waals surface area contributed by atoms with Crippen LogP contribution in [0.4, 0.5) is 18.0 Å². The molecule has 1 aromatic carbocycles. The second kappa shape index (κ2) is 7.87. The number of imide groups is 1. The zero-order valence-corrected chi connectivity index (χ0v) is 14.2.